The molecule has 0 saturated heterocycles. The van der Waals surface area contributed by atoms with E-state index in [0.29, 0.717) is 37.3 Å². The van der Waals surface area contributed by atoms with E-state index in [1.165, 1.54) is 34.9 Å². The van der Waals surface area contributed by atoms with Crippen LogP contribution in [0.2, 0.25) is 0 Å². The van der Waals surface area contributed by atoms with Crippen LogP contribution in [-0.2, 0) is 21.2 Å². The lowest BCUT2D eigenvalue weighted by Crippen LogP contribution is -2.29. The Labute approximate surface area is 195 Å². The van der Waals surface area contributed by atoms with Crippen LogP contribution in [0, 0.1) is 10.1 Å². The second kappa shape index (κ2) is 10.5. The van der Waals surface area contributed by atoms with E-state index in [9.17, 15) is 28.1 Å². The molecule has 0 fully saturated rings. The molecule has 12 heteroatoms. The largest absolute Gasteiger partial charge is 0.493 e. The smallest absolute Gasteiger partial charge is 0.419 e. The van der Waals surface area contributed by atoms with Gasteiger partial charge in [-0.25, -0.2) is 13.2 Å². The molecule has 0 aliphatic heterocycles. The predicted molar refractivity (Wildman–Crippen MR) is 124 cm³/mol. The van der Waals surface area contributed by atoms with Gasteiger partial charge in [0.1, 0.15) is 5.75 Å². The first-order chi connectivity index (χ1) is 16.1. The molecule has 1 amide bonds. The third kappa shape index (κ3) is 6.22. The van der Waals surface area contributed by atoms with Gasteiger partial charge < -0.3 is 14.1 Å². The lowest BCUT2D eigenvalue weighted by Gasteiger charge is -2.17. The number of nitro groups is 1. The minimum atomic E-state index is -3.31. The molecule has 3 aromatic rings. The molecule has 0 spiro atoms. The number of sulfone groups is 1. The Hall–Kier alpha value is -3.67. The van der Waals surface area contributed by atoms with Crippen LogP contribution in [0.25, 0.3) is 11.1 Å². The first-order valence-electron chi connectivity index (χ1n) is 10.5. The number of amides is 1. The number of carbonyl (C=O) groups is 1. The van der Waals surface area contributed by atoms with Gasteiger partial charge in [0.25, 0.3) is 5.69 Å². The van der Waals surface area contributed by atoms with E-state index >= 15 is 0 Å². The zero-order valence-electron chi connectivity index (χ0n) is 18.8. The normalized spacial score (nSPS) is 11.5. The van der Waals surface area contributed by atoms with Crippen molar-refractivity contribution in [3.63, 3.8) is 0 Å². The molecular weight excluding hydrogens is 466 g/mol. The summed E-state index contributed by atoms with van der Waals surface area (Å²) in [6.45, 7) is 0.999. The third-order valence-corrected chi connectivity index (χ3v) is 6.31. The number of carbonyl (C=O) groups excluding carboxylic acids is 1. The Morgan fingerprint density at radius 3 is 2.68 bits per heavy atom. The monoisotopic (exact) mass is 491 g/mol. The molecule has 0 atom stereocenters. The minimum absolute atomic E-state index is 0.101. The fraction of sp³-hybridized carbons (Fsp3) is 0.364. The van der Waals surface area contributed by atoms with E-state index in [2.05, 4.69) is 0 Å². The summed E-state index contributed by atoms with van der Waals surface area (Å²) in [6, 6.07) is 10.2. The molecular formula is C22H25N3O8S. The van der Waals surface area contributed by atoms with Gasteiger partial charge in [-0.1, -0.05) is 6.07 Å². The Balaban J connectivity index is 1.44. The van der Waals surface area contributed by atoms with Crippen molar-refractivity contribution in [1.29, 1.82) is 0 Å². The molecule has 11 nitrogen and oxygen atoms in total. The summed E-state index contributed by atoms with van der Waals surface area (Å²) in [5.74, 6) is -0.288. The maximum atomic E-state index is 12.4. The summed E-state index contributed by atoms with van der Waals surface area (Å²) < 4.78 is 35.2. The first kappa shape index (κ1) is 25.0. The van der Waals surface area contributed by atoms with Crippen LogP contribution in [0.4, 0.5) is 5.69 Å². The number of rotatable bonds is 11. The first-order valence-corrected chi connectivity index (χ1v) is 12.4. The van der Waals surface area contributed by atoms with Crippen LogP contribution >= 0.6 is 0 Å². The van der Waals surface area contributed by atoms with Crippen molar-refractivity contribution in [2.24, 2.45) is 0 Å². The number of aryl methyl sites for hydroxylation is 1. The average molecular weight is 492 g/mol. The zero-order chi connectivity index (χ0) is 24.9. The number of nitro benzene ring substituents is 1. The van der Waals surface area contributed by atoms with Gasteiger partial charge in [0, 0.05) is 38.9 Å². The van der Waals surface area contributed by atoms with Gasteiger partial charge >= 0.3 is 5.76 Å². The SMILES string of the molecule is CN(CCCOc1cccc(S(C)(=O)=O)c1)C(=O)CCCn1c(=O)oc2cc([N+](=O)[O-])ccc21. The quantitative estimate of drug-likeness (QED) is 0.226. The van der Waals surface area contributed by atoms with Crippen molar-refractivity contribution in [3.8, 4) is 5.75 Å². The molecule has 0 N–H and O–H groups in total. The standard InChI is InChI=1S/C22H25N3O8S/c1-23(11-5-13-32-17-6-3-7-18(15-17)34(2,30)31)21(26)8-4-12-24-19-10-9-16(25(28)29)14-20(19)33-22(24)27/h3,6-7,9-10,14-15H,4-5,8,11-13H2,1-2H3. The van der Waals surface area contributed by atoms with E-state index in [-0.39, 0.29) is 35.0 Å². The van der Waals surface area contributed by atoms with Gasteiger partial charge in [-0.3, -0.25) is 19.5 Å². The molecule has 3 rings (SSSR count). The number of non-ortho nitro benzene ring substituents is 1. The molecule has 1 heterocycles. The van der Waals surface area contributed by atoms with Crippen molar-refractivity contribution >= 4 is 32.5 Å². The summed E-state index contributed by atoms with van der Waals surface area (Å²) in [5, 5.41) is 10.9. The number of fused-ring (bicyclic) bond motifs is 1. The molecule has 1 aromatic heterocycles. The van der Waals surface area contributed by atoms with E-state index in [1.807, 2.05) is 0 Å². The fourth-order valence-electron chi connectivity index (χ4n) is 3.37. The van der Waals surface area contributed by atoms with Crippen molar-refractivity contribution in [2.45, 2.75) is 30.7 Å². The highest BCUT2D eigenvalue weighted by Gasteiger charge is 2.15. The number of oxazole rings is 1. The highest BCUT2D eigenvalue weighted by Crippen LogP contribution is 2.20. The molecule has 0 radical (unpaired) electrons. The van der Waals surface area contributed by atoms with Gasteiger partial charge in [0.2, 0.25) is 5.91 Å². The van der Waals surface area contributed by atoms with Gasteiger partial charge in [0.15, 0.2) is 15.4 Å². The summed E-state index contributed by atoms with van der Waals surface area (Å²) in [4.78, 5) is 36.5. The molecule has 0 aliphatic rings. The van der Waals surface area contributed by atoms with Crippen LogP contribution in [0.3, 0.4) is 0 Å². The second-order valence-electron chi connectivity index (χ2n) is 7.80. The van der Waals surface area contributed by atoms with Crippen LogP contribution in [0.15, 0.2) is 56.6 Å². The molecule has 2 aromatic carbocycles. The lowest BCUT2D eigenvalue weighted by atomic mass is 10.2. The predicted octanol–water partition coefficient (Wildman–Crippen LogP) is 2.61. The number of nitrogens with zero attached hydrogens (tertiary/aromatic N) is 3. The van der Waals surface area contributed by atoms with Gasteiger partial charge in [-0.05, 0) is 37.1 Å². The van der Waals surface area contributed by atoms with E-state index in [0.717, 1.165) is 6.26 Å². The maximum absolute atomic E-state index is 12.4. The van der Waals surface area contributed by atoms with Crippen LogP contribution < -0.4 is 10.5 Å². The number of benzene rings is 2. The maximum Gasteiger partial charge on any atom is 0.419 e. The molecule has 0 unspecified atom stereocenters. The van der Waals surface area contributed by atoms with Crippen LogP contribution in [-0.4, -0.2) is 55.2 Å². The van der Waals surface area contributed by atoms with Crippen LogP contribution in [0.1, 0.15) is 19.3 Å². The summed E-state index contributed by atoms with van der Waals surface area (Å²) >= 11 is 0. The van der Waals surface area contributed by atoms with Gasteiger partial charge in [0.05, 0.1) is 28.0 Å². The molecule has 34 heavy (non-hydrogen) atoms. The van der Waals surface area contributed by atoms with Crippen molar-refractivity contribution < 1.29 is 27.3 Å². The highest BCUT2D eigenvalue weighted by atomic mass is 32.2. The van der Waals surface area contributed by atoms with E-state index in [1.54, 1.807) is 24.1 Å². The summed E-state index contributed by atoms with van der Waals surface area (Å²) in [7, 11) is -1.64. The number of ether oxygens (including phenoxy) is 1. The average Bonchev–Trinajstić information content (AvgIpc) is 3.10. The van der Waals surface area contributed by atoms with Gasteiger partial charge in [-0.15, -0.1) is 0 Å². The molecule has 0 saturated carbocycles. The van der Waals surface area contributed by atoms with Crippen molar-refractivity contribution in [2.75, 3.05) is 26.5 Å². The number of aromatic nitrogens is 1. The zero-order valence-corrected chi connectivity index (χ0v) is 19.6. The van der Waals surface area contributed by atoms with E-state index < -0.39 is 20.5 Å². The lowest BCUT2D eigenvalue weighted by molar-refractivity contribution is -0.384. The minimum Gasteiger partial charge on any atom is -0.493 e. The topological polar surface area (TPSA) is 142 Å². The molecule has 0 aliphatic carbocycles. The highest BCUT2D eigenvalue weighted by molar-refractivity contribution is 7.90. The third-order valence-electron chi connectivity index (χ3n) is 5.20. The van der Waals surface area contributed by atoms with Crippen molar-refractivity contribution in [1.82, 2.24) is 9.47 Å². The van der Waals surface area contributed by atoms with Crippen LogP contribution in [0.5, 0.6) is 5.75 Å². The Kier molecular flexibility index (Phi) is 7.72. The Morgan fingerprint density at radius 2 is 1.97 bits per heavy atom. The Bertz CT molecular complexity index is 1360. The van der Waals surface area contributed by atoms with E-state index in [4.69, 9.17) is 9.15 Å². The molecule has 182 valence electrons. The Morgan fingerprint density at radius 1 is 1.21 bits per heavy atom. The van der Waals surface area contributed by atoms with Crippen molar-refractivity contribution in [3.05, 3.63) is 63.1 Å². The fourth-order valence-corrected chi connectivity index (χ4v) is 4.03. The number of hydrogen-bond acceptors (Lipinski definition) is 8. The summed E-state index contributed by atoms with van der Waals surface area (Å²) in [6.07, 6.45) is 2.28. The van der Waals surface area contributed by atoms with Gasteiger partial charge in [-0.2, -0.15) is 0 Å². The summed E-state index contributed by atoms with van der Waals surface area (Å²) in [5.41, 5.74) is 0.399. The second-order valence-corrected chi connectivity index (χ2v) is 9.81. The number of hydrogen-bond donors (Lipinski definition) is 0. The molecule has 0 bridgehead atoms.